The minimum atomic E-state index is -1.00. The number of benzene rings is 2. The lowest BCUT2D eigenvalue weighted by molar-refractivity contribution is -0.141. The smallest absolute Gasteiger partial charge is 0.289 e. The summed E-state index contributed by atoms with van der Waals surface area (Å²) in [6.45, 7) is 2.37. The summed E-state index contributed by atoms with van der Waals surface area (Å²) in [7, 11) is 0. The molecule has 1 aliphatic heterocycles. The first-order valence-corrected chi connectivity index (χ1v) is 10.5. The van der Waals surface area contributed by atoms with Crippen LogP contribution in [0.2, 0.25) is 0 Å². The average Bonchev–Trinajstić information content (AvgIpc) is 3.14. The van der Waals surface area contributed by atoms with Gasteiger partial charge in [0.25, 0.3) is 5.91 Å². The van der Waals surface area contributed by atoms with Crippen molar-refractivity contribution in [2.75, 3.05) is 6.54 Å². The van der Waals surface area contributed by atoms with Crippen molar-refractivity contribution in [2.24, 2.45) is 0 Å². The molecule has 0 saturated carbocycles. The Bertz CT molecular complexity index is 930. The summed E-state index contributed by atoms with van der Waals surface area (Å²) in [4.78, 5) is 51.9. The van der Waals surface area contributed by atoms with E-state index < -0.39 is 29.7 Å². The fourth-order valence-electron chi connectivity index (χ4n) is 3.72. The molecule has 2 atom stereocenters. The molecule has 1 fully saturated rings. The summed E-state index contributed by atoms with van der Waals surface area (Å²) in [5, 5.41) is 5.24. The fraction of sp³-hybridized carbons (Fsp3) is 0.333. The Labute approximate surface area is 181 Å². The van der Waals surface area contributed by atoms with Crippen molar-refractivity contribution in [3.63, 3.8) is 0 Å². The Morgan fingerprint density at radius 2 is 1.61 bits per heavy atom. The SMILES string of the molecule is CCNC(=O)C(=O)C(Cc1ccccc1)NC(=O)[C@H]1CCC(=O)N1Cc1ccccc1. The highest BCUT2D eigenvalue weighted by Crippen LogP contribution is 2.22. The third-order valence-electron chi connectivity index (χ3n) is 5.30. The number of Topliss-reactive ketones (excluding diaryl/α,β-unsaturated/α-hetero) is 1. The van der Waals surface area contributed by atoms with Crippen LogP contribution in [0, 0.1) is 0 Å². The highest BCUT2D eigenvalue weighted by Gasteiger charge is 2.38. The number of ketones is 1. The lowest BCUT2D eigenvalue weighted by Crippen LogP contribution is -2.53. The largest absolute Gasteiger partial charge is 0.350 e. The molecule has 3 rings (SSSR count). The normalized spacial score (nSPS) is 16.6. The monoisotopic (exact) mass is 421 g/mol. The predicted octanol–water partition coefficient (Wildman–Crippen LogP) is 1.61. The van der Waals surface area contributed by atoms with Gasteiger partial charge in [-0.3, -0.25) is 19.2 Å². The summed E-state index contributed by atoms with van der Waals surface area (Å²) < 4.78 is 0. The molecule has 162 valence electrons. The molecule has 1 saturated heterocycles. The highest BCUT2D eigenvalue weighted by atomic mass is 16.2. The van der Waals surface area contributed by atoms with Crippen LogP contribution in [-0.2, 0) is 32.1 Å². The van der Waals surface area contributed by atoms with E-state index in [-0.39, 0.29) is 18.7 Å². The van der Waals surface area contributed by atoms with Crippen LogP contribution in [-0.4, -0.2) is 47.0 Å². The Balaban J connectivity index is 1.75. The van der Waals surface area contributed by atoms with Crippen molar-refractivity contribution >= 4 is 23.5 Å². The van der Waals surface area contributed by atoms with Crippen LogP contribution in [0.5, 0.6) is 0 Å². The number of likely N-dealkylation sites (tertiary alicyclic amines) is 1. The van der Waals surface area contributed by atoms with Crippen LogP contribution >= 0.6 is 0 Å². The molecule has 1 unspecified atom stereocenters. The maximum absolute atomic E-state index is 13.1. The van der Waals surface area contributed by atoms with Crippen LogP contribution in [0.3, 0.4) is 0 Å². The second-order valence-corrected chi connectivity index (χ2v) is 7.54. The molecule has 2 aromatic carbocycles. The Kier molecular flexibility index (Phi) is 7.54. The van der Waals surface area contributed by atoms with Crippen LogP contribution < -0.4 is 10.6 Å². The zero-order valence-corrected chi connectivity index (χ0v) is 17.5. The van der Waals surface area contributed by atoms with Crippen molar-refractivity contribution in [1.29, 1.82) is 0 Å². The molecule has 0 bridgehead atoms. The van der Waals surface area contributed by atoms with Gasteiger partial charge in [-0.15, -0.1) is 0 Å². The van der Waals surface area contributed by atoms with Crippen LogP contribution in [0.1, 0.15) is 30.9 Å². The summed E-state index contributed by atoms with van der Waals surface area (Å²) in [5.41, 5.74) is 1.75. The summed E-state index contributed by atoms with van der Waals surface area (Å²) in [6, 6.07) is 17.0. The minimum Gasteiger partial charge on any atom is -0.350 e. The number of nitrogens with one attached hydrogen (secondary N) is 2. The van der Waals surface area contributed by atoms with Crippen LogP contribution in [0.15, 0.2) is 60.7 Å². The maximum atomic E-state index is 13.1. The number of likely N-dealkylation sites (N-methyl/N-ethyl adjacent to an activating group) is 1. The molecule has 1 heterocycles. The van der Waals surface area contributed by atoms with Crippen LogP contribution in [0.25, 0.3) is 0 Å². The number of nitrogens with zero attached hydrogens (tertiary/aromatic N) is 1. The van der Waals surface area contributed by atoms with E-state index in [1.54, 1.807) is 11.8 Å². The van der Waals surface area contributed by atoms with E-state index in [0.29, 0.717) is 19.5 Å². The number of carbonyl (C=O) groups is 4. The van der Waals surface area contributed by atoms with Gasteiger partial charge in [0.05, 0.1) is 0 Å². The van der Waals surface area contributed by atoms with Crippen LogP contribution in [0.4, 0.5) is 0 Å². The van der Waals surface area contributed by atoms with Crippen molar-refractivity contribution in [3.05, 3.63) is 71.8 Å². The molecule has 0 radical (unpaired) electrons. The quantitative estimate of drug-likeness (QED) is 0.602. The molecule has 0 aromatic heterocycles. The molecular formula is C24H27N3O4. The zero-order valence-electron chi connectivity index (χ0n) is 17.5. The van der Waals surface area contributed by atoms with E-state index in [1.807, 2.05) is 60.7 Å². The number of hydrogen-bond acceptors (Lipinski definition) is 4. The molecule has 2 N–H and O–H groups in total. The van der Waals surface area contributed by atoms with E-state index in [0.717, 1.165) is 11.1 Å². The first-order valence-electron chi connectivity index (χ1n) is 10.5. The summed E-state index contributed by atoms with van der Waals surface area (Å²) >= 11 is 0. The Hall–Kier alpha value is -3.48. The van der Waals surface area contributed by atoms with E-state index in [9.17, 15) is 19.2 Å². The van der Waals surface area contributed by atoms with Gasteiger partial charge in [-0.1, -0.05) is 60.7 Å². The number of carbonyl (C=O) groups excluding carboxylic acids is 4. The minimum absolute atomic E-state index is 0.0985. The van der Waals surface area contributed by atoms with Gasteiger partial charge < -0.3 is 15.5 Å². The van der Waals surface area contributed by atoms with Crippen molar-refractivity contribution in [3.8, 4) is 0 Å². The van der Waals surface area contributed by atoms with E-state index in [4.69, 9.17) is 0 Å². The molecule has 7 nitrogen and oxygen atoms in total. The van der Waals surface area contributed by atoms with Crippen molar-refractivity contribution in [2.45, 2.75) is 44.8 Å². The molecular weight excluding hydrogens is 394 g/mol. The van der Waals surface area contributed by atoms with Gasteiger partial charge in [-0.2, -0.15) is 0 Å². The predicted molar refractivity (Wildman–Crippen MR) is 116 cm³/mol. The van der Waals surface area contributed by atoms with Crippen molar-refractivity contribution in [1.82, 2.24) is 15.5 Å². The van der Waals surface area contributed by atoms with E-state index >= 15 is 0 Å². The molecule has 2 aromatic rings. The standard InChI is InChI=1S/C24H27N3O4/c1-2-25-24(31)22(29)19(15-17-9-5-3-6-10-17)26-23(30)20-13-14-21(28)27(20)16-18-11-7-4-8-12-18/h3-12,19-20H,2,13-16H2,1H3,(H,25,31)(H,26,30)/t19?,20-/m1/s1. The van der Waals surface area contributed by atoms with Gasteiger partial charge >= 0.3 is 0 Å². The second kappa shape index (κ2) is 10.5. The summed E-state index contributed by atoms with van der Waals surface area (Å²) in [6.07, 6.45) is 0.853. The molecule has 3 amide bonds. The Morgan fingerprint density at radius 1 is 1.00 bits per heavy atom. The summed E-state index contributed by atoms with van der Waals surface area (Å²) in [5.74, 6) is -1.94. The number of hydrogen-bond donors (Lipinski definition) is 2. The lowest BCUT2D eigenvalue weighted by atomic mass is 10.0. The lowest BCUT2D eigenvalue weighted by Gasteiger charge is -2.26. The third kappa shape index (κ3) is 5.78. The number of rotatable bonds is 9. The highest BCUT2D eigenvalue weighted by molar-refractivity contribution is 6.38. The molecule has 0 spiro atoms. The van der Waals surface area contributed by atoms with E-state index in [2.05, 4.69) is 10.6 Å². The van der Waals surface area contributed by atoms with Gasteiger partial charge in [0.2, 0.25) is 17.6 Å². The van der Waals surface area contributed by atoms with Gasteiger partial charge in [0.1, 0.15) is 12.1 Å². The molecule has 1 aliphatic rings. The zero-order chi connectivity index (χ0) is 22.2. The topological polar surface area (TPSA) is 95.6 Å². The fourth-order valence-corrected chi connectivity index (χ4v) is 3.72. The first kappa shape index (κ1) is 22.2. The van der Waals surface area contributed by atoms with Gasteiger partial charge in [-0.25, -0.2) is 0 Å². The molecule has 0 aliphatic carbocycles. The third-order valence-corrected chi connectivity index (χ3v) is 5.30. The van der Waals surface area contributed by atoms with Gasteiger partial charge in [-0.05, 0) is 24.5 Å². The van der Waals surface area contributed by atoms with Gasteiger partial charge in [0.15, 0.2) is 0 Å². The molecule has 31 heavy (non-hydrogen) atoms. The average molecular weight is 421 g/mol. The maximum Gasteiger partial charge on any atom is 0.289 e. The number of amides is 3. The van der Waals surface area contributed by atoms with Gasteiger partial charge in [0, 0.05) is 25.9 Å². The van der Waals surface area contributed by atoms with Crippen molar-refractivity contribution < 1.29 is 19.2 Å². The van der Waals surface area contributed by atoms with E-state index in [1.165, 1.54) is 0 Å². The first-order chi connectivity index (χ1) is 15.0. The Morgan fingerprint density at radius 3 is 2.23 bits per heavy atom. The second-order valence-electron chi connectivity index (χ2n) is 7.54. The molecule has 7 heteroatoms.